The zero-order valence-corrected chi connectivity index (χ0v) is 15.2. The molecule has 0 spiro atoms. The SMILES string of the molecule is CN(C)c1ccc(C=N[C@H]2[C@@H]3CCC[C@H]2C2=C(CCCC2)C3)cc1. The quantitative estimate of drug-likeness (QED) is 0.549. The van der Waals surface area contributed by atoms with Crippen molar-refractivity contribution in [2.75, 3.05) is 19.0 Å². The van der Waals surface area contributed by atoms with Crippen LogP contribution in [0.1, 0.15) is 56.9 Å². The van der Waals surface area contributed by atoms with Crippen LogP contribution in [0.4, 0.5) is 5.69 Å². The van der Waals surface area contributed by atoms with Gasteiger partial charge in [0.05, 0.1) is 6.04 Å². The van der Waals surface area contributed by atoms with E-state index in [1.807, 2.05) is 11.1 Å². The van der Waals surface area contributed by atoms with Crippen molar-refractivity contribution < 1.29 is 0 Å². The smallest absolute Gasteiger partial charge is 0.0596 e. The van der Waals surface area contributed by atoms with Gasteiger partial charge < -0.3 is 4.90 Å². The molecule has 24 heavy (non-hydrogen) atoms. The summed E-state index contributed by atoms with van der Waals surface area (Å²) in [6.07, 6.45) is 13.2. The second kappa shape index (κ2) is 6.74. The summed E-state index contributed by atoms with van der Waals surface area (Å²) < 4.78 is 0. The highest BCUT2D eigenvalue weighted by Gasteiger charge is 2.40. The highest BCUT2D eigenvalue weighted by molar-refractivity contribution is 5.80. The number of nitrogens with zero attached hydrogens (tertiary/aromatic N) is 2. The maximum absolute atomic E-state index is 5.13. The number of hydrogen-bond donors (Lipinski definition) is 0. The second-order valence-electron chi connectivity index (χ2n) is 8.09. The molecule has 2 bridgehead atoms. The van der Waals surface area contributed by atoms with Crippen LogP contribution < -0.4 is 4.90 Å². The Morgan fingerprint density at radius 1 is 1.00 bits per heavy atom. The van der Waals surface area contributed by atoms with Crippen molar-refractivity contribution in [1.29, 1.82) is 0 Å². The standard InChI is InChI=1S/C22H30N2/c1-24(2)19-12-10-16(11-13-19)15-23-22-18-7-5-9-21(22)20-8-4-3-6-17(20)14-18/h10-13,15,18,21-22H,3-9,14H2,1-2H3/t18-,21+,22+/m1/s1. The van der Waals surface area contributed by atoms with E-state index in [0.717, 1.165) is 11.8 Å². The molecule has 1 aromatic carbocycles. The minimum Gasteiger partial charge on any atom is -0.378 e. The summed E-state index contributed by atoms with van der Waals surface area (Å²) in [6, 6.07) is 9.31. The fraction of sp³-hybridized carbons (Fsp3) is 0.591. The molecule has 3 aliphatic carbocycles. The molecule has 0 amide bonds. The van der Waals surface area contributed by atoms with Crippen LogP contribution in [0.3, 0.4) is 0 Å². The second-order valence-corrected chi connectivity index (χ2v) is 8.09. The molecule has 1 saturated carbocycles. The maximum Gasteiger partial charge on any atom is 0.0596 e. The van der Waals surface area contributed by atoms with Crippen LogP contribution in [0.2, 0.25) is 0 Å². The summed E-state index contributed by atoms with van der Waals surface area (Å²) >= 11 is 0. The van der Waals surface area contributed by atoms with Crippen molar-refractivity contribution in [2.45, 2.75) is 57.4 Å². The number of benzene rings is 1. The predicted octanol–water partition coefficient (Wildman–Crippen LogP) is 5.23. The van der Waals surface area contributed by atoms with Crippen molar-refractivity contribution in [3.8, 4) is 0 Å². The van der Waals surface area contributed by atoms with Gasteiger partial charge in [-0.25, -0.2) is 0 Å². The van der Waals surface area contributed by atoms with E-state index in [2.05, 4.69) is 49.5 Å². The molecule has 2 nitrogen and oxygen atoms in total. The van der Waals surface area contributed by atoms with E-state index in [9.17, 15) is 0 Å². The zero-order chi connectivity index (χ0) is 16.5. The molecule has 2 heteroatoms. The molecule has 0 unspecified atom stereocenters. The third-order valence-corrected chi connectivity index (χ3v) is 6.38. The lowest BCUT2D eigenvalue weighted by Gasteiger charge is -2.44. The van der Waals surface area contributed by atoms with Crippen LogP contribution in [0.15, 0.2) is 40.4 Å². The Kier molecular flexibility index (Phi) is 4.47. The third-order valence-electron chi connectivity index (χ3n) is 6.38. The average Bonchev–Trinajstić information content (AvgIpc) is 2.60. The van der Waals surface area contributed by atoms with Gasteiger partial charge in [-0.15, -0.1) is 0 Å². The Hall–Kier alpha value is -1.57. The number of hydrogen-bond acceptors (Lipinski definition) is 2. The summed E-state index contributed by atoms with van der Waals surface area (Å²) in [5.41, 5.74) is 6.14. The fourth-order valence-corrected chi connectivity index (χ4v) is 5.12. The first-order valence-electron chi connectivity index (χ1n) is 9.74. The van der Waals surface area contributed by atoms with E-state index >= 15 is 0 Å². The van der Waals surface area contributed by atoms with Gasteiger partial charge in [-0.2, -0.15) is 0 Å². The average molecular weight is 322 g/mol. The normalized spacial score (nSPS) is 29.7. The molecule has 1 aromatic rings. The molecule has 0 radical (unpaired) electrons. The van der Waals surface area contributed by atoms with E-state index in [0.29, 0.717) is 6.04 Å². The van der Waals surface area contributed by atoms with E-state index in [1.165, 1.54) is 62.6 Å². The van der Waals surface area contributed by atoms with Crippen LogP contribution in [0.25, 0.3) is 0 Å². The highest BCUT2D eigenvalue weighted by atomic mass is 15.1. The molecule has 0 saturated heterocycles. The van der Waals surface area contributed by atoms with Crippen LogP contribution in [0, 0.1) is 11.8 Å². The lowest BCUT2D eigenvalue weighted by molar-refractivity contribution is 0.215. The number of rotatable bonds is 3. The Morgan fingerprint density at radius 2 is 1.79 bits per heavy atom. The summed E-state index contributed by atoms with van der Waals surface area (Å²) in [7, 11) is 4.17. The molecule has 4 rings (SSSR count). The molecule has 1 fully saturated rings. The molecule has 0 aromatic heterocycles. The van der Waals surface area contributed by atoms with Crippen LogP contribution >= 0.6 is 0 Å². The summed E-state index contributed by atoms with van der Waals surface area (Å²) in [6.45, 7) is 0. The van der Waals surface area contributed by atoms with Crippen molar-refractivity contribution in [3.05, 3.63) is 41.0 Å². The van der Waals surface area contributed by atoms with Crippen LogP contribution in [-0.4, -0.2) is 26.4 Å². The highest BCUT2D eigenvalue weighted by Crippen LogP contribution is 2.49. The Bertz CT molecular complexity index is 638. The fourth-order valence-electron chi connectivity index (χ4n) is 5.12. The minimum absolute atomic E-state index is 0.545. The zero-order valence-electron chi connectivity index (χ0n) is 15.2. The number of allylic oxidation sites excluding steroid dienone is 1. The third kappa shape index (κ3) is 3.03. The molecule has 3 atom stereocenters. The Morgan fingerprint density at radius 3 is 2.58 bits per heavy atom. The van der Waals surface area contributed by atoms with Gasteiger partial charge in [0.2, 0.25) is 0 Å². The van der Waals surface area contributed by atoms with Gasteiger partial charge in [0.15, 0.2) is 0 Å². The first kappa shape index (κ1) is 15.9. The number of aliphatic imine (C=N–C) groups is 1. The number of fused-ring (bicyclic) bond motifs is 3. The molecule has 128 valence electrons. The Labute approximate surface area is 146 Å². The number of anilines is 1. The predicted molar refractivity (Wildman–Crippen MR) is 103 cm³/mol. The van der Waals surface area contributed by atoms with Gasteiger partial charge in [0.1, 0.15) is 0 Å². The summed E-state index contributed by atoms with van der Waals surface area (Å²) in [5, 5.41) is 0. The molecule has 3 aliphatic rings. The van der Waals surface area contributed by atoms with E-state index in [1.54, 1.807) is 0 Å². The lowest BCUT2D eigenvalue weighted by atomic mass is 9.63. The van der Waals surface area contributed by atoms with E-state index in [-0.39, 0.29) is 0 Å². The minimum atomic E-state index is 0.545. The van der Waals surface area contributed by atoms with Gasteiger partial charge in [-0.1, -0.05) is 29.7 Å². The van der Waals surface area contributed by atoms with Crippen molar-refractivity contribution in [1.82, 2.24) is 0 Å². The maximum atomic E-state index is 5.13. The first-order chi connectivity index (χ1) is 11.7. The van der Waals surface area contributed by atoms with Crippen molar-refractivity contribution in [2.24, 2.45) is 16.8 Å². The van der Waals surface area contributed by atoms with E-state index < -0.39 is 0 Å². The largest absolute Gasteiger partial charge is 0.378 e. The molecule has 0 heterocycles. The van der Waals surface area contributed by atoms with Gasteiger partial charge in [0.25, 0.3) is 0 Å². The van der Waals surface area contributed by atoms with Crippen molar-refractivity contribution >= 4 is 11.9 Å². The monoisotopic (exact) mass is 322 g/mol. The van der Waals surface area contributed by atoms with E-state index in [4.69, 9.17) is 4.99 Å². The lowest BCUT2D eigenvalue weighted by Crippen LogP contribution is -2.38. The molecule has 0 N–H and O–H groups in total. The van der Waals surface area contributed by atoms with Gasteiger partial charge >= 0.3 is 0 Å². The Balaban J connectivity index is 1.54. The molecular weight excluding hydrogens is 292 g/mol. The summed E-state index contributed by atoms with van der Waals surface area (Å²) in [4.78, 5) is 7.27. The first-order valence-corrected chi connectivity index (χ1v) is 9.74. The van der Waals surface area contributed by atoms with Gasteiger partial charge in [-0.3, -0.25) is 4.99 Å². The van der Waals surface area contributed by atoms with Crippen LogP contribution in [0.5, 0.6) is 0 Å². The van der Waals surface area contributed by atoms with Crippen LogP contribution in [-0.2, 0) is 0 Å². The van der Waals surface area contributed by atoms with Gasteiger partial charge in [0, 0.05) is 31.9 Å². The summed E-state index contributed by atoms with van der Waals surface area (Å²) in [5.74, 6) is 1.56. The molecular formula is C22H30N2. The van der Waals surface area contributed by atoms with Crippen molar-refractivity contribution in [3.63, 3.8) is 0 Å². The molecule has 0 aliphatic heterocycles. The van der Waals surface area contributed by atoms with Gasteiger partial charge in [-0.05, 0) is 68.6 Å². The topological polar surface area (TPSA) is 15.6 Å².